The molecule has 1 saturated carbocycles. The van der Waals surface area contributed by atoms with Gasteiger partial charge in [0.1, 0.15) is 5.60 Å². The number of rotatable bonds is 5. The smallest absolute Gasteiger partial charge is 0.407 e. The van der Waals surface area contributed by atoms with Crippen LogP contribution >= 0.6 is 0 Å². The van der Waals surface area contributed by atoms with Crippen molar-refractivity contribution in [3.05, 3.63) is 0 Å². The Bertz CT molecular complexity index is 533. The molecule has 150 valence electrons. The highest BCUT2D eigenvalue weighted by atomic mass is 16.7. The van der Waals surface area contributed by atoms with Gasteiger partial charge in [0.2, 0.25) is 0 Å². The molecular weight excluding hydrogens is 338 g/mol. The first kappa shape index (κ1) is 21.0. The van der Waals surface area contributed by atoms with Crippen molar-refractivity contribution >= 4 is 12.1 Å². The van der Waals surface area contributed by atoms with Crippen LogP contribution in [0.25, 0.3) is 0 Å². The number of hydrogen-bond donors (Lipinski definition) is 1. The summed E-state index contributed by atoms with van der Waals surface area (Å²) in [4.78, 5) is 24.1. The van der Waals surface area contributed by atoms with Crippen molar-refractivity contribution in [3.8, 4) is 0 Å². The van der Waals surface area contributed by atoms with Crippen LogP contribution in [0.3, 0.4) is 0 Å². The van der Waals surface area contributed by atoms with Gasteiger partial charge in [-0.1, -0.05) is 13.8 Å². The molecule has 0 unspecified atom stereocenters. The first-order valence-electron chi connectivity index (χ1n) is 9.23. The summed E-state index contributed by atoms with van der Waals surface area (Å²) in [6, 6.07) is -0.367. The monoisotopic (exact) mass is 371 g/mol. The Balaban J connectivity index is 2.10. The summed E-state index contributed by atoms with van der Waals surface area (Å²) in [5.74, 6) is -0.696. The van der Waals surface area contributed by atoms with Crippen molar-refractivity contribution < 1.29 is 28.5 Å². The van der Waals surface area contributed by atoms with Crippen LogP contribution in [0.4, 0.5) is 4.79 Å². The van der Waals surface area contributed by atoms with E-state index >= 15 is 0 Å². The third kappa shape index (κ3) is 4.49. The minimum absolute atomic E-state index is 0.0868. The number of carbonyl (C=O) groups excluding carboxylic acids is 2. The molecule has 2 aliphatic rings. The van der Waals surface area contributed by atoms with Crippen LogP contribution in [0.2, 0.25) is 0 Å². The lowest BCUT2D eigenvalue weighted by Gasteiger charge is -2.59. The highest BCUT2D eigenvalue weighted by Gasteiger charge is 2.60. The molecule has 0 radical (unpaired) electrons. The molecule has 2 fully saturated rings. The van der Waals surface area contributed by atoms with Gasteiger partial charge in [-0.25, -0.2) is 4.79 Å². The van der Waals surface area contributed by atoms with Crippen LogP contribution in [0.15, 0.2) is 0 Å². The molecule has 0 aromatic rings. The van der Waals surface area contributed by atoms with Gasteiger partial charge >= 0.3 is 12.1 Å². The molecule has 0 aromatic carbocycles. The second-order valence-corrected chi connectivity index (χ2v) is 8.96. The van der Waals surface area contributed by atoms with E-state index in [2.05, 4.69) is 19.2 Å². The third-order valence-corrected chi connectivity index (χ3v) is 5.64. The average Bonchev–Trinajstić information content (AvgIpc) is 2.90. The highest BCUT2D eigenvalue weighted by molar-refractivity contribution is 5.73. The molecule has 0 aromatic heterocycles. The topological polar surface area (TPSA) is 83.1 Å². The Morgan fingerprint density at radius 3 is 2.23 bits per heavy atom. The largest absolute Gasteiger partial charge is 0.469 e. The van der Waals surface area contributed by atoms with E-state index in [1.54, 1.807) is 20.8 Å². The number of alkyl carbamates (subject to hydrolysis) is 1. The van der Waals surface area contributed by atoms with E-state index in [0.29, 0.717) is 13.2 Å². The maximum Gasteiger partial charge on any atom is 0.407 e. The summed E-state index contributed by atoms with van der Waals surface area (Å²) in [6.07, 6.45) is 0.376. The average molecular weight is 371 g/mol. The Kier molecular flexibility index (Phi) is 5.93. The molecule has 7 nitrogen and oxygen atoms in total. The van der Waals surface area contributed by atoms with Crippen LogP contribution in [0.1, 0.15) is 54.4 Å². The van der Waals surface area contributed by atoms with Crippen molar-refractivity contribution in [1.29, 1.82) is 0 Å². The summed E-state index contributed by atoms with van der Waals surface area (Å²) in [6.45, 7) is 12.8. The van der Waals surface area contributed by atoms with Gasteiger partial charge < -0.3 is 24.3 Å². The van der Waals surface area contributed by atoms with Crippen molar-refractivity contribution in [2.75, 3.05) is 20.3 Å². The maximum atomic E-state index is 12.3. The molecule has 7 heteroatoms. The van der Waals surface area contributed by atoms with Crippen LogP contribution < -0.4 is 5.32 Å². The van der Waals surface area contributed by atoms with Crippen LogP contribution in [0.5, 0.6) is 0 Å². The molecule has 1 amide bonds. The number of ether oxygens (including phenoxy) is 4. The molecule has 0 spiro atoms. The van der Waals surface area contributed by atoms with Gasteiger partial charge in [-0.15, -0.1) is 0 Å². The van der Waals surface area contributed by atoms with E-state index in [1.165, 1.54) is 7.11 Å². The van der Waals surface area contributed by atoms with Gasteiger partial charge in [0.15, 0.2) is 5.79 Å². The molecule has 1 aliphatic heterocycles. The summed E-state index contributed by atoms with van der Waals surface area (Å²) >= 11 is 0. The van der Waals surface area contributed by atoms with E-state index in [9.17, 15) is 9.59 Å². The van der Waals surface area contributed by atoms with E-state index in [0.717, 1.165) is 6.42 Å². The maximum absolute atomic E-state index is 12.3. The van der Waals surface area contributed by atoms with Gasteiger partial charge in [0, 0.05) is 12.0 Å². The Morgan fingerprint density at radius 1 is 1.19 bits per heavy atom. The summed E-state index contributed by atoms with van der Waals surface area (Å²) < 4.78 is 21.8. The SMILES string of the molecule is COC(=O)C[C@H](NC(=O)OC(C)(C)C)[C@H]1C[C@@H](C2(C)OCCO2)C1(C)C. The summed E-state index contributed by atoms with van der Waals surface area (Å²) in [7, 11) is 1.35. The van der Waals surface area contributed by atoms with Gasteiger partial charge in [0.25, 0.3) is 0 Å². The fourth-order valence-electron chi connectivity index (χ4n) is 4.28. The van der Waals surface area contributed by atoms with Crippen molar-refractivity contribution in [2.24, 2.45) is 17.3 Å². The van der Waals surface area contributed by atoms with Crippen LogP contribution in [-0.4, -0.2) is 49.8 Å². The first-order chi connectivity index (χ1) is 11.9. The molecule has 2 rings (SSSR count). The Morgan fingerprint density at radius 2 is 1.77 bits per heavy atom. The predicted molar refractivity (Wildman–Crippen MR) is 95.5 cm³/mol. The van der Waals surface area contributed by atoms with E-state index < -0.39 is 17.5 Å². The standard InChI is InChI=1S/C19H33NO6/c1-17(2,3)26-16(22)20-13(11-15(21)23-7)12-10-14(18(12,4)5)19(6)24-8-9-25-19/h12-14H,8-11H2,1-7H3,(H,20,22)/t12-,13+,14-/m1/s1. The zero-order chi connectivity index (χ0) is 19.8. The quantitative estimate of drug-likeness (QED) is 0.748. The molecule has 3 atom stereocenters. The van der Waals surface area contributed by atoms with Gasteiger partial charge in [-0.2, -0.15) is 0 Å². The van der Waals surface area contributed by atoms with Gasteiger partial charge in [-0.05, 0) is 45.4 Å². The second kappa shape index (κ2) is 7.35. The number of hydrogen-bond acceptors (Lipinski definition) is 6. The molecular formula is C19H33NO6. The Labute approximate surface area is 156 Å². The second-order valence-electron chi connectivity index (χ2n) is 8.96. The number of methoxy groups -OCH3 is 1. The van der Waals surface area contributed by atoms with E-state index in [4.69, 9.17) is 18.9 Å². The first-order valence-corrected chi connectivity index (χ1v) is 9.23. The minimum atomic E-state index is -0.609. The van der Waals surface area contributed by atoms with E-state index in [-0.39, 0.29) is 35.7 Å². The van der Waals surface area contributed by atoms with Crippen LogP contribution in [-0.2, 0) is 23.7 Å². The lowest BCUT2D eigenvalue weighted by molar-refractivity contribution is -0.256. The molecule has 1 heterocycles. The normalized spacial score (nSPS) is 28.0. The predicted octanol–water partition coefficient (Wildman–Crippen LogP) is 2.87. The zero-order valence-electron chi connectivity index (χ0n) is 17.0. The third-order valence-electron chi connectivity index (χ3n) is 5.64. The van der Waals surface area contributed by atoms with Crippen molar-refractivity contribution in [2.45, 2.75) is 71.8 Å². The van der Waals surface area contributed by atoms with Crippen molar-refractivity contribution in [3.63, 3.8) is 0 Å². The Hall–Kier alpha value is -1.34. The number of nitrogens with one attached hydrogen (secondary N) is 1. The molecule has 1 N–H and O–H groups in total. The molecule has 1 aliphatic carbocycles. The fraction of sp³-hybridized carbons (Fsp3) is 0.895. The number of carbonyl (C=O) groups is 2. The minimum Gasteiger partial charge on any atom is -0.469 e. The summed E-state index contributed by atoms with van der Waals surface area (Å²) in [5, 5.41) is 2.88. The molecule has 26 heavy (non-hydrogen) atoms. The number of amides is 1. The van der Waals surface area contributed by atoms with Crippen LogP contribution in [0, 0.1) is 17.3 Å². The lowest BCUT2D eigenvalue weighted by Crippen LogP contribution is -2.62. The van der Waals surface area contributed by atoms with Gasteiger partial charge in [0.05, 0.1) is 26.7 Å². The molecule has 1 saturated heterocycles. The highest BCUT2D eigenvalue weighted by Crippen LogP contribution is 2.59. The van der Waals surface area contributed by atoms with E-state index in [1.807, 2.05) is 6.92 Å². The zero-order valence-corrected chi connectivity index (χ0v) is 17.0. The summed E-state index contributed by atoms with van der Waals surface area (Å²) in [5.41, 5.74) is -0.774. The molecule has 0 bridgehead atoms. The fourth-order valence-corrected chi connectivity index (χ4v) is 4.28. The van der Waals surface area contributed by atoms with Crippen molar-refractivity contribution in [1.82, 2.24) is 5.32 Å². The lowest BCUT2D eigenvalue weighted by atomic mass is 9.50. The van der Waals surface area contributed by atoms with Gasteiger partial charge in [-0.3, -0.25) is 4.79 Å². The number of esters is 1.